The van der Waals surface area contributed by atoms with E-state index in [1.807, 2.05) is 0 Å². The predicted molar refractivity (Wildman–Crippen MR) is 88.2 cm³/mol. The van der Waals surface area contributed by atoms with Gasteiger partial charge in [-0.1, -0.05) is 29.4 Å². The van der Waals surface area contributed by atoms with Gasteiger partial charge in [-0.15, -0.1) is 0 Å². The Hall–Kier alpha value is -3.29. The molecule has 2 aromatic heterocycles. The Morgan fingerprint density at radius 3 is 2.60 bits per heavy atom. The van der Waals surface area contributed by atoms with Crippen LogP contribution < -0.4 is 11.1 Å². The highest BCUT2D eigenvalue weighted by atomic mass is 19.3. The van der Waals surface area contributed by atoms with Gasteiger partial charge in [0.15, 0.2) is 0 Å². The molecule has 0 spiro atoms. The fourth-order valence-electron chi connectivity index (χ4n) is 2.40. The molecular formula is C17H14F2N4O2. The molecule has 0 fully saturated rings. The smallest absolute Gasteiger partial charge is 0.264 e. The van der Waals surface area contributed by atoms with Crippen molar-refractivity contribution in [2.45, 2.75) is 13.3 Å². The van der Waals surface area contributed by atoms with Crippen molar-refractivity contribution in [3.63, 3.8) is 0 Å². The fourth-order valence-corrected chi connectivity index (χ4v) is 2.40. The fraction of sp³-hybridized carbons (Fsp3) is 0.118. The van der Waals surface area contributed by atoms with Crippen LogP contribution in [0.4, 0.5) is 20.4 Å². The maximum Gasteiger partial charge on any atom is 0.264 e. The molecule has 128 valence electrons. The molecule has 0 atom stereocenters. The summed E-state index contributed by atoms with van der Waals surface area (Å²) in [6.07, 6.45) is -1.41. The molecule has 25 heavy (non-hydrogen) atoms. The van der Waals surface area contributed by atoms with E-state index in [4.69, 9.17) is 10.3 Å². The minimum Gasteiger partial charge on any atom is -0.383 e. The number of amides is 1. The molecule has 1 amide bonds. The molecule has 3 rings (SSSR count). The van der Waals surface area contributed by atoms with E-state index >= 15 is 0 Å². The number of nitrogens with zero attached hydrogens (tertiary/aromatic N) is 2. The first-order valence-electron chi connectivity index (χ1n) is 7.33. The summed E-state index contributed by atoms with van der Waals surface area (Å²) < 4.78 is 31.0. The van der Waals surface area contributed by atoms with Crippen molar-refractivity contribution in [2.75, 3.05) is 11.1 Å². The molecule has 2 heterocycles. The Morgan fingerprint density at radius 2 is 1.96 bits per heavy atom. The van der Waals surface area contributed by atoms with Crippen molar-refractivity contribution in [3.8, 4) is 11.1 Å². The summed E-state index contributed by atoms with van der Waals surface area (Å²) in [5.74, 6) is -0.222. The Morgan fingerprint density at radius 1 is 1.20 bits per heavy atom. The SMILES string of the molecule is Cc1nocc1C(=O)Nc1ccc(-c2ccccc2C(F)F)c(N)n1. The number of aryl methyl sites for hydroxylation is 1. The number of benzene rings is 1. The summed E-state index contributed by atoms with van der Waals surface area (Å²) in [6.45, 7) is 1.63. The highest BCUT2D eigenvalue weighted by molar-refractivity contribution is 6.04. The van der Waals surface area contributed by atoms with Crippen LogP contribution in [0.2, 0.25) is 0 Å². The monoisotopic (exact) mass is 344 g/mol. The first-order chi connectivity index (χ1) is 12.0. The third-order valence-corrected chi connectivity index (χ3v) is 3.65. The van der Waals surface area contributed by atoms with Crippen molar-refractivity contribution < 1.29 is 18.1 Å². The number of pyridine rings is 1. The summed E-state index contributed by atoms with van der Waals surface area (Å²) in [4.78, 5) is 16.2. The molecular weight excluding hydrogens is 330 g/mol. The lowest BCUT2D eigenvalue weighted by Gasteiger charge is -2.12. The van der Waals surface area contributed by atoms with Crippen molar-refractivity contribution in [2.24, 2.45) is 0 Å². The molecule has 3 N–H and O–H groups in total. The number of rotatable bonds is 4. The quantitative estimate of drug-likeness (QED) is 0.750. The third-order valence-electron chi connectivity index (χ3n) is 3.65. The molecule has 0 aliphatic rings. The zero-order chi connectivity index (χ0) is 18.0. The Labute approximate surface area is 141 Å². The van der Waals surface area contributed by atoms with E-state index in [9.17, 15) is 13.6 Å². The number of aromatic nitrogens is 2. The summed E-state index contributed by atoms with van der Waals surface area (Å²) in [5, 5.41) is 6.19. The van der Waals surface area contributed by atoms with E-state index in [-0.39, 0.29) is 22.8 Å². The highest BCUT2D eigenvalue weighted by Gasteiger charge is 2.17. The largest absolute Gasteiger partial charge is 0.383 e. The topological polar surface area (TPSA) is 94.0 Å². The zero-order valence-electron chi connectivity index (χ0n) is 13.2. The van der Waals surface area contributed by atoms with Crippen LogP contribution in [0.1, 0.15) is 28.0 Å². The normalized spacial score (nSPS) is 10.9. The molecule has 8 heteroatoms. The van der Waals surface area contributed by atoms with E-state index < -0.39 is 12.3 Å². The highest BCUT2D eigenvalue weighted by Crippen LogP contribution is 2.34. The van der Waals surface area contributed by atoms with Gasteiger partial charge in [-0.2, -0.15) is 0 Å². The first-order valence-corrected chi connectivity index (χ1v) is 7.33. The van der Waals surface area contributed by atoms with Gasteiger partial charge >= 0.3 is 0 Å². The van der Waals surface area contributed by atoms with Gasteiger partial charge in [-0.3, -0.25) is 4.79 Å². The van der Waals surface area contributed by atoms with E-state index in [0.717, 1.165) is 0 Å². The molecule has 0 aliphatic heterocycles. The first kappa shape index (κ1) is 16.6. The molecule has 0 saturated carbocycles. The van der Waals surface area contributed by atoms with E-state index in [1.165, 1.54) is 24.5 Å². The van der Waals surface area contributed by atoms with Crippen molar-refractivity contribution in [1.29, 1.82) is 0 Å². The number of carbonyl (C=O) groups is 1. The number of halogens is 2. The minimum absolute atomic E-state index is 0.0351. The Bertz CT molecular complexity index is 925. The van der Waals surface area contributed by atoms with Crippen LogP contribution in [0.15, 0.2) is 47.2 Å². The lowest BCUT2D eigenvalue weighted by atomic mass is 10.0. The van der Waals surface area contributed by atoms with Crippen LogP contribution in [-0.2, 0) is 0 Å². The maximum atomic E-state index is 13.2. The average Bonchev–Trinajstić information content (AvgIpc) is 3.01. The molecule has 0 radical (unpaired) electrons. The van der Waals surface area contributed by atoms with E-state index in [1.54, 1.807) is 25.1 Å². The summed E-state index contributed by atoms with van der Waals surface area (Å²) in [7, 11) is 0. The van der Waals surface area contributed by atoms with Gasteiger partial charge < -0.3 is 15.6 Å². The lowest BCUT2D eigenvalue weighted by Crippen LogP contribution is -2.14. The number of nitrogen functional groups attached to an aromatic ring is 1. The van der Waals surface area contributed by atoms with Gasteiger partial charge in [0.2, 0.25) is 0 Å². The standard InChI is InChI=1S/C17H14F2N4O2/c1-9-13(8-25-23-9)17(24)22-14-7-6-12(16(20)21-14)10-4-2-3-5-11(10)15(18)19/h2-8,15H,1H3,(H3,20,21,22,24). The number of hydrogen-bond acceptors (Lipinski definition) is 5. The molecule has 0 saturated heterocycles. The van der Waals surface area contributed by atoms with E-state index in [2.05, 4.69) is 15.5 Å². The molecule has 1 aromatic carbocycles. The van der Waals surface area contributed by atoms with Gasteiger partial charge in [-0.25, -0.2) is 13.8 Å². The van der Waals surface area contributed by atoms with E-state index in [0.29, 0.717) is 16.8 Å². The second-order valence-corrected chi connectivity index (χ2v) is 5.28. The molecule has 0 aliphatic carbocycles. The molecule has 0 unspecified atom stereocenters. The number of carbonyl (C=O) groups excluding carboxylic acids is 1. The summed E-state index contributed by atoms with van der Waals surface area (Å²) in [5.41, 5.74) is 7.16. The van der Waals surface area contributed by atoms with Crippen molar-refractivity contribution in [3.05, 3.63) is 59.5 Å². The van der Waals surface area contributed by atoms with Gasteiger partial charge in [-0.05, 0) is 24.6 Å². The maximum absolute atomic E-state index is 13.2. The summed E-state index contributed by atoms with van der Waals surface area (Å²) in [6, 6.07) is 9.10. The Kier molecular flexibility index (Phi) is 4.42. The molecule has 6 nitrogen and oxygen atoms in total. The number of nitrogens with two attached hydrogens (primary N) is 1. The van der Waals surface area contributed by atoms with Crippen LogP contribution in [0.3, 0.4) is 0 Å². The van der Waals surface area contributed by atoms with Gasteiger partial charge in [0.25, 0.3) is 12.3 Å². The van der Waals surface area contributed by atoms with Gasteiger partial charge in [0.1, 0.15) is 23.5 Å². The molecule has 0 bridgehead atoms. The number of hydrogen-bond donors (Lipinski definition) is 2. The van der Waals surface area contributed by atoms with Crippen LogP contribution in [0.5, 0.6) is 0 Å². The second kappa shape index (κ2) is 6.68. The number of nitrogens with one attached hydrogen (secondary N) is 1. The average molecular weight is 344 g/mol. The van der Waals surface area contributed by atoms with Crippen LogP contribution >= 0.6 is 0 Å². The number of anilines is 2. The van der Waals surface area contributed by atoms with Crippen molar-refractivity contribution in [1.82, 2.24) is 10.1 Å². The van der Waals surface area contributed by atoms with Gasteiger partial charge in [0, 0.05) is 11.1 Å². The van der Waals surface area contributed by atoms with Crippen molar-refractivity contribution >= 4 is 17.5 Å². The third kappa shape index (κ3) is 3.32. The lowest BCUT2D eigenvalue weighted by molar-refractivity contribution is 0.102. The van der Waals surface area contributed by atoms with Gasteiger partial charge in [0.05, 0.1) is 5.69 Å². The zero-order valence-corrected chi connectivity index (χ0v) is 13.2. The summed E-state index contributed by atoms with van der Waals surface area (Å²) >= 11 is 0. The molecule has 3 aromatic rings. The minimum atomic E-state index is -2.63. The van der Waals surface area contributed by atoms with Crippen LogP contribution in [0.25, 0.3) is 11.1 Å². The van der Waals surface area contributed by atoms with Crippen LogP contribution in [-0.4, -0.2) is 16.0 Å². The second-order valence-electron chi connectivity index (χ2n) is 5.28. The van der Waals surface area contributed by atoms with Crippen LogP contribution in [0, 0.1) is 6.92 Å². The predicted octanol–water partition coefficient (Wildman–Crippen LogP) is 3.82. The Balaban J connectivity index is 1.90. The number of alkyl halides is 2.